The van der Waals surface area contributed by atoms with Gasteiger partial charge in [0.05, 0.1) is 0 Å². The molecule has 1 amide bonds. The van der Waals surface area contributed by atoms with Gasteiger partial charge in [-0.25, -0.2) is 0 Å². The predicted molar refractivity (Wildman–Crippen MR) is 57.6 cm³/mol. The van der Waals surface area contributed by atoms with E-state index in [0.29, 0.717) is 0 Å². The summed E-state index contributed by atoms with van der Waals surface area (Å²) in [5.74, 6) is 0.180. The molecule has 0 spiro atoms. The third-order valence-electron chi connectivity index (χ3n) is 3.27. The van der Waals surface area contributed by atoms with Gasteiger partial charge in [0.1, 0.15) is 6.10 Å². The van der Waals surface area contributed by atoms with Crippen molar-refractivity contribution in [3.63, 3.8) is 0 Å². The van der Waals surface area contributed by atoms with E-state index in [-0.39, 0.29) is 17.6 Å². The number of nitrogens with one attached hydrogen (secondary N) is 1. The zero-order valence-electron chi connectivity index (χ0n) is 9.58. The van der Waals surface area contributed by atoms with Crippen LogP contribution in [0.3, 0.4) is 0 Å². The van der Waals surface area contributed by atoms with Crippen molar-refractivity contribution in [1.82, 2.24) is 10.2 Å². The van der Waals surface area contributed by atoms with Gasteiger partial charge in [0.15, 0.2) is 0 Å². The molecule has 1 N–H and O–H groups in total. The lowest BCUT2D eigenvalue weighted by atomic mass is 9.99. The normalized spacial score (nSPS) is 30.5. The number of nitrogens with zero attached hydrogens (tertiary/aromatic N) is 1. The van der Waals surface area contributed by atoms with Crippen molar-refractivity contribution in [2.75, 3.05) is 26.2 Å². The fourth-order valence-corrected chi connectivity index (χ4v) is 2.34. The number of hydrogen-bond donors (Lipinski definition) is 1. The Morgan fingerprint density at radius 1 is 1.53 bits per heavy atom. The van der Waals surface area contributed by atoms with E-state index in [1.165, 1.54) is 0 Å². The maximum atomic E-state index is 12.2. The molecule has 0 saturated carbocycles. The molecule has 1 unspecified atom stereocenters. The lowest BCUT2D eigenvalue weighted by molar-refractivity contribution is -0.147. The average molecular weight is 212 g/mol. The van der Waals surface area contributed by atoms with E-state index in [0.717, 1.165) is 39.1 Å². The van der Waals surface area contributed by atoms with Gasteiger partial charge in [0.2, 0.25) is 0 Å². The molecule has 2 aliphatic heterocycles. The molecule has 2 aliphatic rings. The topological polar surface area (TPSA) is 41.6 Å². The van der Waals surface area contributed by atoms with Gasteiger partial charge < -0.3 is 15.0 Å². The van der Waals surface area contributed by atoms with E-state index >= 15 is 0 Å². The molecule has 0 aromatic heterocycles. The average Bonchev–Trinajstić information content (AvgIpc) is 2.69. The molecule has 2 heterocycles. The molecular formula is C11H20N2O2. The standard InChI is InChI=1S/C11H20N2O2/c1-11(2)8-12-5-6-13(11)10(14)9-4-3-7-15-9/h9,12H,3-8H2,1-2H3. The summed E-state index contributed by atoms with van der Waals surface area (Å²) in [4.78, 5) is 14.2. The lowest BCUT2D eigenvalue weighted by Gasteiger charge is -2.43. The largest absolute Gasteiger partial charge is 0.368 e. The Morgan fingerprint density at radius 2 is 2.33 bits per heavy atom. The van der Waals surface area contributed by atoms with Crippen molar-refractivity contribution in [3.8, 4) is 0 Å². The van der Waals surface area contributed by atoms with E-state index in [4.69, 9.17) is 4.74 Å². The minimum atomic E-state index is -0.178. The Balaban J connectivity index is 2.04. The molecule has 0 bridgehead atoms. The molecule has 2 rings (SSSR count). The number of carbonyl (C=O) groups is 1. The number of ether oxygens (including phenoxy) is 1. The SMILES string of the molecule is CC1(C)CNCCN1C(=O)C1CCCO1. The summed E-state index contributed by atoms with van der Waals surface area (Å²) in [6.45, 7) is 7.50. The quantitative estimate of drug-likeness (QED) is 0.683. The van der Waals surface area contributed by atoms with E-state index in [1.54, 1.807) is 0 Å². The fourth-order valence-electron chi connectivity index (χ4n) is 2.34. The summed E-state index contributed by atoms with van der Waals surface area (Å²) >= 11 is 0. The van der Waals surface area contributed by atoms with E-state index < -0.39 is 0 Å². The monoisotopic (exact) mass is 212 g/mol. The molecule has 4 heteroatoms. The maximum absolute atomic E-state index is 12.2. The smallest absolute Gasteiger partial charge is 0.252 e. The van der Waals surface area contributed by atoms with Crippen LogP contribution in [-0.4, -0.2) is 48.7 Å². The van der Waals surface area contributed by atoms with Gasteiger partial charge in [-0.3, -0.25) is 4.79 Å². The highest BCUT2D eigenvalue weighted by atomic mass is 16.5. The Kier molecular flexibility index (Phi) is 2.98. The summed E-state index contributed by atoms with van der Waals surface area (Å²) in [5, 5.41) is 3.32. The first-order valence-corrected chi connectivity index (χ1v) is 5.75. The molecule has 2 saturated heterocycles. The highest BCUT2D eigenvalue weighted by Gasteiger charge is 2.37. The molecular weight excluding hydrogens is 192 g/mol. The lowest BCUT2D eigenvalue weighted by Crippen LogP contribution is -2.61. The number of hydrogen-bond acceptors (Lipinski definition) is 3. The van der Waals surface area contributed by atoms with Gasteiger partial charge in [-0.05, 0) is 26.7 Å². The van der Waals surface area contributed by atoms with Crippen LogP contribution in [0, 0.1) is 0 Å². The van der Waals surface area contributed by atoms with Gasteiger partial charge >= 0.3 is 0 Å². The van der Waals surface area contributed by atoms with Gasteiger partial charge in [-0.15, -0.1) is 0 Å². The van der Waals surface area contributed by atoms with Crippen molar-refractivity contribution in [2.45, 2.75) is 38.3 Å². The van der Waals surface area contributed by atoms with Crippen LogP contribution >= 0.6 is 0 Å². The Hall–Kier alpha value is -0.610. The molecule has 0 radical (unpaired) electrons. The first kappa shape index (κ1) is 10.9. The van der Waals surface area contributed by atoms with Crippen LogP contribution in [0.1, 0.15) is 26.7 Å². The second-order valence-corrected chi connectivity index (χ2v) is 4.98. The second kappa shape index (κ2) is 4.10. The highest BCUT2D eigenvalue weighted by Crippen LogP contribution is 2.22. The van der Waals surface area contributed by atoms with Crippen molar-refractivity contribution in [3.05, 3.63) is 0 Å². The molecule has 15 heavy (non-hydrogen) atoms. The number of amides is 1. The van der Waals surface area contributed by atoms with Crippen LogP contribution in [0.2, 0.25) is 0 Å². The van der Waals surface area contributed by atoms with Gasteiger partial charge in [-0.1, -0.05) is 0 Å². The summed E-state index contributed by atoms with van der Waals surface area (Å²) in [6, 6.07) is 0. The van der Waals surface area contributed by atoms with Crippen LogP contribution in [0.15, 0.2) is 0 Å². The Bertz CT molecular complexity index is 247. The van der Waals surface area contributed by atoms with Gasteiger partial charge in [0.25, 0.3) is 5.91 Å². The zero-order chi connectivity index (χ0) is 10.9. The molecule has 2 fully saturated rings. The number of piperazine rings is 1. The molecule has 4 nitrogen and oxygen atoms in total. The van der Waals surface area contributed by atoms with E-state index in [2.05, 4.69) is 19.2 Å². The number of carbonyl (C=O) groups excluding carboxylic acids is 1. The van der Waals surface area contributed by atoms with Crippen molar-refractivity contribution in [2.24, 2.45) is 0 Å². The molecule has 0 aliphatic carbocycles. The van der Waals surface area contributed by atoms with E-state index in [1.807, 2.05) is 4.90 Å². The predicted octanol–water partition coefficient (Wildman–Crippen LogP) is 0.376. The summed E-state index contributed by atoms with van der Waals surface area (Å²) in [5.41, 5.74) is -0.0821. The molecule has 86 valence electrons. The Labute approximate surface area is 91.0 Å². The fraction of sp³-hybridized carbons (Fsp3) is 0.909. The summed E-state index contributed by atoms with van der Waals surface area (Å²) in [7, 11) is 0. The van der Waals surface area contributed by atoms with Crippen molar-refractivity contribution < 1.29 is 9.53 Å². The summed E-state index contributed by atoms with van der Waals surface area (Å²) in [6.07, 6.45) is 1.73. The van der Waals surface area contributed by atoms with Crippen LogP contribution < -0.4 is 5.32 Å². The maximum Gasteiger partial charge on any atom is 0.252 e. The first-order valence-electron chi connectivity index (χ1n) is 5.75. The van der Waals surface area contributed by atoms with Gasteiger partial charge in [0, 0.05) is 31.8 Å². The van der Waals surface area contributed by atoms with Crippen molar-refractivity contribution in [1.29, 1.82) is 0 Å². The van der Waals surface area contributed by atoms with Crippen LogP contribution in [0.5, 0.6) is 0 Å². The van der Waals surface area contributed by atoms with E-state index in [9.17, 15) is 4.79 Å². The van der Waals surface area contributed by atoms with Crippen LogP contribution in [0.25, 0.3) is 0 Å². The molecule has 1 atom stereocenters. The third kappa shape index (κ3) is 2.16. The van der Waals surface area contributed by atoms with Crippen LogP contribution in [-0.2, 0) is 9.53 Å². The van der Waals surface area contributed by atoms with Crippen LogP contribution in [0.4, 0.5) is 0 Å². The number of rotatable bonds is 1. The zero-order valence-corrected chi connectivity index (χ0v) is 9.58. The first-order chi connectivity index (χ1) is 7.11. The molecule has 0 aromatic rings. The molecule has 0 aromatic carbocycles. The highest BCUT2D eigenvalue weighted by molar-refractivity contribution is 5.82. The minimum Gasteiger partial charge on any atom is -0.368 e. The van der Waals surface area contributed by atoms with Crippen molar-refractivity contribution >= 4 is 5.91 Å². The minimum absolute atomic E-state index is 0.0821. The second-order valence-electron chi connectivity index (χ2n) is 4.98. The van der Waals surface area contributed by atoms with Gasteiger partial charge in [-0.2, -0.15) is 0 Å². The summed E-state index contributed by atoms with van der Waals surface area (Å²) < 4.78 is 5.45. The third-order valence-corrected chi connectivity index (χ3v) is 3.27. The Morgan fingerprint density at radius 3 is 2.93 bits per heavy atom.